The van der Waals surface area contributed by atoms with E-state index >= 15 is 0 Å². The molecule has 0 saturated heterocycles. The summed E-state index contributed by atoms with van der Waals surface area (Å²) in [7, 11) is 0. The molecule has 20 heavy (non-hydrogen) atoms. The highest BCUT2D eigenvalue weighted by Crippen LogP contribution is 2.11. The second-order valence-corrected chi connectivity index (χ2v) is 4.60. The standard InChI is InChI=1S/C15H14N2O2S/c18-14(19)10-11-6-8-13(9-7-11)17-15(20)16-12-4-2-1-3-5-12/h1-9H,10H2,(H,18,19)(H2,16,17,20)/p-1. The zero-order valence-electron chi connectivity index (χ0n) is 10.6. The minimum atomic E-state index is -1.09. The SMILES string of the molecule is O=C([O-])Cc1ccc(NC(=S)Nc2ccccc2)cc1. The third-order valence-corrected chi connectivity index (χ3v) is 2.80. The fourth-order valence-electron chi connectivity index (χ4n) is 1.69. The van der Waals surface area contributed by atoms with E-state index in [9.17, 15) is 9.90 Å². The summed E-state index contributed by atoms with van der Waals surface area (Å²) >= 11 is 5.19. The van der Waals surface area contributed by atoms with Crippen molar-refractivity contribution in [3.8, 4) is 0 Å². The van der Waals surface area contributed by atoms with Crippen LogP contribution in [-0.2, 0) is 11.2 Å². The fourth-order valence-corrected chi connectivity index (χ4v) is 1.92. The maximum Gasteiger partial charge on any atom is 0.175 e. The Balaban J connectivity index is 1.93. The van der Waals surface area contributed by atoms with Crippen LogP contribution in [0.25, 0.3) is 0 Å². The first-order chi connectivity index (χ1) is 9.63. The Morgan fingerprint density at radius 2 is 1.50 bits per heavy atom. The lowest BCUT2D eigenvalue weighted by atomic mass is 10.1. The van der Waals surface area contributed by atoms with Crippen molar-refractivity contribution >= 4 is 34.7 Å². The number of carbonyl (C=O) groups is 1. The summed E-state index contributed by atoms with van der Waals surface area (Å²) in [5, 5.41) is 17.0. The van der Waals surface area contributed by atoms with E-state index in [4.69, 9.17) is 12.2 Å². The van der Waals surface area contributed by atoms with Crippen molar-refractivity contribution in [2.45, 2.75) is 6.42 Å². The minimum Gasteiger partial charge on any atom is -0.550 e. The Labute approximate surface area is 122 Å². The number of aliphatic carboxylic acids is 1. The molecule has 0 radical (unpaired) electrons. The molecule has 0 bridgehead atoms. The van der Waals surface area contributed by atoms with Gasteiger partial charge >= 0.3 is 0 Å². The van der Waals surface area contributed by atoms with Crippen LogP contribution >= 0.6 is 12.2 Å². The van der Waals surface area contributed by atoms with Gasteiger partial charge in [-0.15, -0.1) is 0 Å². The number of hydrogen-bond acceptors (Lipinski definition) is 3. The van der Waals surface area contributed by atoms with Gasteiger partial charge in [-0.2, -0.15) is 0 Å². The van der Waals surface area contributed by atoms with Gasteiger partial charge in [0.25, 0.3) is 0 Å². The van der Waals surface area contributed by atoms with Crippen LogP contribution in [0.3, 0.4) is 0 Å². The van der Waals surface area contributed by atoms with E-state index in [1.165, 1.54) is 0 Å². The molecule has 5 heteroatoms. The number of benzene rings is 2. The predicted octanol–water partition coefficient (Wildman–Crippen LogP) is 1.79. The van der Waals surface area contributed by atoms with Gasteiger partial charge in [0.05, 0.1) is 0 Å². The number of thiocarbonyl (C=S) groups is 1. The Morgan fingerprint density at radius 1 is 0.950 bits per heavy atom. The van der Waals surface area contributed by atoms with E-state index < -0.39 is 5.97 Å². The zero-order valence-corrected chi connectivity index (χ0v) is 11.4. The highest BCUT2D eigenvalue weighted by Gasteiger charge is 1.99. The highest BCUT2D eigenvalue weighted by atomic mass is 32.1. The molecule has 2 aromatic rings. The molecule has 0 aliphatic rings. The van der Waals surface area contributed by atoms with Crippen molar-refractivity contribution in [1.29, 1.82) is 0 Å². The number of para-hydroxylation sites is 1. The van der Waals surface area contributed by atoms with Gasteiger partial charge in [0.2, 0.25) is 0 Å². The summed E-state index contributed by atoms with van der Waals surface area (Å²) in [6.07, 6.45) is -0.0903. The van der Waals surface area contributed by atoms with Crippen LogP contribution in [0, 0.1) is 0 Å². The third kappa shape index (κ3) is 4.37. The monoisotopic (exact) mass is 285 g/mol. The first-order valence-corrected chi connectivity index (χ1v) is 6.46. The number of anilines is 2. The molecule has 102 valence electrons. The zero-order chi connectivity index (χ0) is 14.4. The molecule has 2 N–H and O–H groups in total. The second-order valence-electron chi connectivity index (χ2n) is 4.19. The summed E-state index contributed by atoms with van der Waals surface area (Å²) in [5.74, 6) is -1.09. The molecule has 0 unspecified atom stereocenters. The van der Waals surface area contributed by atoms with Gasteiger partial charge in [-0.25, -0.2) is 0 Å². The second kappa shape index (κ2) is 6.68. The molecular weight excluding hydrogens is 272 g/mol. The molecule has 0 saturated carbocycles. The minimum absolute atomic E-state index is 0.0903. The maximum atomic E-state index is 10.5. The van der Waals surface area contributed by atoms with E-state index in [2.05, 4.69) is 10.6 Å². The summed E-state index contributed by atoms with van der Waals surface area (Å²) in [6.45, 7) is 0. The lowest BCUT2D eigenvalue weighted by molar-refractivity contribution is -0.304. The van der Waals surface area contributed by atoms with Gasteiger partial charge < -0.3 is 20.5 Å². The smallest absolute Gasteiger partial charge is 0.175 e. The van der Waals surface area contributed by atoms with E-state index in [1.54, 1.807) is 24.3 Å². The lowest BCUT2D eigenvalue weighted by Gasteiger charge is -2.11. The van der Waals surface area contributed by atoms with Gasteiger partial charge in [-0.1, -0.05) is 30.3 Å². The van der Waals surface area contributed by atoms with Crippen molar-refractivity contribution in [2.75, 3.05) is 10.6 Å². The Bertz CT molecular complexity index is 597. The molecule has 2 rings (SSSR count). The van der Waals surface area contributed by atoms with Crippen LogP contribution in [0.5, 0.6) is 0 Å². The number of carbonyl (C=O) groups excluding carboxylic acids is 1. The third-order valence-electron chi connectivity index (χ3n) is 2.59. The summed E-state index contributed by atoms with van der Waals surface area (Å²) < 4.78 is 0. The fraction of sp³-hybridized carbons (Fsp3) is 0.0667. The van der Waals surface area contributed by atoms with Gasteiger partial charge in [0.1, 0.15) is 0 Å². The van der Waals surface area contributed by atoms with E-state index in [0.29, 0.717) is 10.7 Å². The number of rotatable bonds is 4. The molecule has 0 aliphatic heterocycles. The molecule has 4 nitrogen and oxygen atoms in total. The number of hydrogen-bond donors (Lipinski definition) is 2. The largest absolute Gasteiger partial charge is 0.550 e. The van der Waals surface area contributed by atoms with Crippen LogP contribution in [-0.4, -0.2) is 11.1 Å². The summed E-state index contributed by atoms with van der Waals surface area (Å²) in [5.41, 5.74) is 2.39. The first-order valence-electron chi connectivity index (χ1n) is 6.05. The van der Waals surface area contributed by atoms with E-state index in [-0.39, 0.29) is 6.42 Å². The predicted molar refractivity (Wildman–Crippen MR) is 81.4 cm³/mol. The first kappa shape index (κ1) is 14.0. The molecule has 0 spiro atoms. The van der Waals surface area contributed by atoms with E-state index in [0.717, 1.165) is 11.4 Å². The molecule has 0 fully saturated rings. The molecule has 2 aromatic carbocycles. The van der Waals surface area contributed by atoms with Gasteiger partial charge in [-0.05, 0) is 42.0 Å². The van der Waals surface area contributed by atoms with Crippen LogP contribution in [0.15, 0.2) is 54.6 Å². The quantitative estimate of drug-likeness (QED) is 0.839. The number of carboxylic acid groups (broad SMARTS) is 1. The molecule has 0 atom stereocenters. The average molecular weight is 285 g/mol. The Hall–Kier alpha value is -2.40. The molecule has 0 aromatic heterocycles. The molecule has 0 aliphatic carbocycles. The normalized spacial score (nSPS) is 9.80. The van der Waals surface area contributed by atoms with Crippen molar-refractivity contribution in [3.05, 3.63) is 60.2 Å². The van der Waals surface area contributed by atoms with Crippen LogP contribution < -0.4 is 15.7 Å². The van der Waals surface area contributed by atoms with Crippen LogP contribution in [0.2, 0.25) is 0 Å². The Kier molecular flexibility index (Phi) is 4.68. The lowest BCUT2D eigenvalue weighted by Crippen LogP contribution is -2.24. The van der Waals surface area contributed by atoms with Crippen molar-refractivity contribution < 1.29 is 9.90 Å². The van der Waals surface area contributed by atoms with Gasteiger partial charge in [0, 0.05) is 23.8 Å². The highest BCUT2D eigenvalue weighted by molar-refractivity contribution is 7.80. The van der Waals surface area contributed by atoms with Crippen molar-refractivity contribution in [2.24, 2.45) is 0 Å². The molecular formula is C15H13N2O2S-. The summed E-state index contributed by atoms with van der Waals surface area (Å²) in [6, 6.07) is 16.6. The van der Waals surface area contributed by atoms with Gasteiger partial charge in [-0.3, -0.25) is 0 Å². The van der Waals surface area contributed by atoms with Crippen molar-refractivity contribution in [3.63, 3.8) is 0 Å². The van der Waals surface area contributed by atoms with Crippen LogP contribution in [0.4, 0.5) is 11.4 Å². The Morgan fingerprint density at radius 3 is 2.05 bits per heavy atom. The van der Waals surface area contributed by atoms with Crippen LogP contribution in [0.1, 0.15) is 5.56 Å². The number of carboxylic acids is 1. The summed E-state index contributed by atoms with van der Waals surface area (Å²) in [4.78, 5) is 10.5. The number of nitrogens with one attached hydrogen (secondary N) is 2. The molecule has 0 amide bonds. The average Bonchev–Trinajstić information content (AvgIpc) is 2.41. The van der Waals surface area contributed by atoms with E-state index in [1.807, 2.05) is 30.3 Å². The van der Waals surface area contributed by atoms with Crippen molar-refractivity contribution in [1.82, 2.24) is 0 Å². The maximum absolute atomic E-state index is 10.5. The topological polar surface area (TPSA) is 64.2 Å². The van der Waals surface area contributed by atoms with Gasteiger partial charge in [0.15, 0.2) is 5.11 Å². The molecule has 0 heterocycles.